The molecule has 2 rings (SSSR count). The Morgan fingerprint density at radius 3 is 2.89 bits per heavy atom. The van der Waals surface area contributed by atoms with Gasteiger partial charge in [0.15, 0.2) is 0 Å². The highest BCUT2D eigenvalue weighted by atomic mass is 19.1. The highest BCUT2D eigenvalue weighted by Gasteiger charge is 2.22. The Morgan fingerprint density at radius 1 is 1.39 bits per heavy atom. The van der Waals surface area contributed by atoms with Crippen molar-refractivity contribution in [1.29, 1.82) is 0 Å². The number of piperidine rings is 1. The lowest BCUT2D eigenvalue weighted by molar-refractivity contribution is 0.0921. The summed E-state index contributed by atoms with van der Waals surface area (Å²) in [7, 11) is 0. The molecule has 3 nitrogen and oxygen atoms in total. The van der Waals surface area contributed by atoms with Crippen molar-refractivity contribution in [3.8, 4) is 0 Å². The van der Waals surface area contributed by atoms with Gasteiger partial charge in [-0.3, -0.25) is 4.79 Å². The lowest BCUT2D eigenvalue weighted by Crippen LogP contribution is -2.48. The van der Waals surface area contributed by atoms with Gasteiger partial charge in [-0.1, -0.05) is 6.92 Å². The van der Waals surface area contributed by atoms with Crippen molar-refractivity contribution < 1.29 is 13.6 Å². The number of rotatable bonds is 2. The Balaban J connectivity index is 2.05. The second-order valence-electron chi connectivity index (χ2n) is 4.79. The summed E-state index contributed by atoms with van der Waals surface area (Å²) >= 11 is 0. The van der Waals surface area contributed by atoms with Crippen LogP contribution >= 0.6 is 0 Å². The number of nitrogens with one attached hydrogen (secondary N) is 2. The van der Waals surface area contributed by atoms with Gasteiger partial charge >= 0.3 is 0 Å². The fourth-order valence-electron chi connectivity index (χ4n) is 2.20. The van der Waals surface area contributed by atoms with Crippen molar-refractivity contribution in [1.82, 2.24) is 10.6 Å². The van der Waals surface area contributed by atoms with E-state index in [0.29, 0.717) is 12.5 Å². The van der Waals surface area contributed by atoms with E-state index in [4.69, 9.17) is 0 Å². The average Bonchev–Trinajstić information content (AvgIpc) is 2.32. The highest BCUT2D eigenvalue weighted by Crippen LogP contribution is 2.13. The number of halogens is 2. The second-order valence-corrected chi connectivity index (χ2v) is 4.79. The number of hydrogen-bond donors (Lipinski definition) is 2. The van der Waals surface area contributed by atoms with E-state index in [2.05, 4.69) is 17.6 Å². The van der Waals surface area contributed by atoms with E-state index in [-0.39, 0.29) is 11.6 Å². The van der Waals surface area contributed by atoms with E-state index in [1.54, 1.807) is 0 Å². The molecule has 2 N–H and O–H groups in total. The van der Waals surface area contributed by atoms with Crippen LogP contribution in [0.2, 0.25) is 0 Å². The molecule has 1 aliphatic rings. The van der Waals surface area contributed by atoms with Crippen molar-refractivity contribution in [2.45, 2.75) is 19.4 Å². The van der Waals surface area contributed by atoms with E-state index < -0.39 is 17.5 Å². The highest BCUT2D eigenvalue weighted by molar-refractivity contribution is 5.94. The van der Waals surface area contributed by atoms with Crippen LogP contribution in [0.5, 0.6) is 0 Å². The van der Waals surface area contributed by atoms with Gasteiger partial charge in [0.1, 0.15) is 11.6 Å². The first-order valence-electron chi connectivity index (χ1n) is 6.03. The minimum atomic E-state index is -0.703. The molecule has 1 aromatic rings. The first-order chi connectivity index (χ1) is 8.56. The molecule has 1 saturated heterocycles. The minimum absolute atomic E-state index is 0.0380. The van der Waals surface area contributed by atoms with E-state index in [1.807, 2.05) is 0 Å². The predicted octanol–water partition coefficient (Wildman–Crippen LogP) is 1.69. The molecule has 2 unspecified atom stereocenters. The Kier molecular flexibility index (Phi) is 3.91. The molecule has 1 aromatic carbocycles. The van der Waals surface area contributed by atoms with Gasteiger partial charge in [0.25, 0.3) is 5.91 Å². The largest absolute Gasteiger partial charge is 0.348 e. The molecule has 0 aromatic heterocycles. The zero-order valence-electron chi connectivity index (χ0n) is 10.2. The molecule has 0 radical (unpaired) electrons. The molecule has 0 bridgehead atoms. The first-order valence-corrected chi connectivity index (χ1v) is 6.03. The second kappa shape index (κ2) is 5.44. The molecule has 0 spiro atoms. The lowest BCUT2D eigenvalue weighted by Gasteiger charge is -2.28. The van der Waals surface area contributed by atoms with Gasteiger partial charge in [-0.15, -0.1) is 0 Å². The molecule has 1 aliphatic heterocycles. The van der Waals surface area contributed by atoms with Gasteiger partial charge in [0.2, 0.25) is 0 Å². The van der Waals surface area contributed by atoms with Crippen molar-refractivity contribution in [2.24, 2.45) is 5.92 Å². The Bertz CT molecular complexity index is 451. The summed E-state index contributed by atoms with van der Waals surface area (Å²) in [5, 5.41) is 5.91. The Labute approximate surface area is 105 Å². The third-order valence-electron chi connectivity index (χ3n) is 3.08. The van der Waals surface area contributed by atoms with Gasteiger partial charge in [0.05, 0.1) is 5.56 Å². The summed E-state index contributed by atoms with van der Waals surface area (Å²) in [6.45, 7) is 3.65. The van der Waals surface area contributed by atoms with Crippen LogP contribution in [0.25, 0.3) is 0 Å². The molecule has 1 fully saturated rings. The van der Waals surface area contributed by atoms with Gasteiger partial charge in [-0.25, -0.2) is 8.78 Å². The first kappa shape index (κ1) is 13.0. The molecule has 98 valence electrons. The molecule has 0 saturated carbocycles. The third kappa shape index (κ3) is 3.04. The molecule has 2 atom stereocenters. The summed E-state index contributed by atoms with van der Waals surface area (Å²) < 4.78 is 26.4. The van der Waals surface area contributed by atoms with Crippen LogP contribution < -0.4 is 10.6 Å². The fraction of sp³-hybridized carbons (Fsp3) is 0.462. The maximum absolute atomic E-state index is 13.4. The molecule has 1 amide bonds. The Hall–Kier alpha value is -1.49. The van der Waals surface area contributed by atoms with Gasteiger partial charge < -0.3 is 10.6 Å². The average molecular weight is 254 g/mol. The van der Waals surface area contributed by atoms with Crippen LogP contribution in [0.4, 0.5) is 8.78 Å². The molecular weight excluding hydrogens is 238 g/mol. The fourth-order valence-corrected chi connectivity index (χ4v) is 2.20. The summed E-state index contributed by atoms with van der Waals surface area (Å²) in [6.07, 6.45) is 0.843. The number of benzene rings is 1. The smallest absolute Gasteiger partial charge is 0.254 e. The topological polar surface area (TPSA) is 41.1 Å². The zero-order chi connectivity index (χ0) is 13.1. The number of hydrogen-bond acceptors (Lipinski definition) is 2. The molecule has 18 heavy (non-hydrogen) atoms. The van der Waals surface area contributed by atoms with Crippen molar-refractivity contribution in [3.05, 3.63) is 35.4 Å². The molecular formula is C13H16F2N2O. The normalized spacial score (nSPS) is 23.7. The van der Waals surface area contributed by atoms with Crippen molar-refractivity contribution >= 4 is 5.91 Å². The molecule has 1 heterocycles. The van der Waals surface area contributed by atoms with E-state index in [9.17, 15) is 13.6 Å². The molecule has 0 aliphatic carbocycles. The van der Waals surface area contributed by atoms with Crippen LogP contribution in [-0.4, -0.2) is 25.0 Å². The van der Waals surface area contributed by atoms with Gasteiger partial charge in [0, 0.05) is 12.6 Å². The predicted molar refractivity (Wildman–Crippen MR) is 64.3 cm³/mol. The lowest BCUT2D eigenvalue weighted by atomic mass is 9.97. The van der Waals surface area contributed by atoms with Gasteiger partial charge in [-0.2, -0.15) is 0 Å². The summed E-state index contributed by atoms with van der Waals surface area (Å²) in [5.74, 6) is -1.42. The molecule has 5 heteroatoms. The van der Waals surface area contributed by atoms with Crippen molar-refractivity contribution in [2.75, 3.05) is 13.1 Å². The monoisotopic (exact) mass is 254 g/mol. The number of carbonyl (C=O) groups is 1. The standard InChI is InChI=1S/C13H16F2N2O/c1-8-4-10(7-16-6-8)17-13(18)11-5-9(14)2-3-12(11)15/h2-3,5,8,10,16H,4,6-7H2,1H3,(H,17,18). The Morgan fingerprint density at radius 2 is 2.17 bits per heavy atom. The minimum Gasteiger partial charge on any atom is -0.348 e. The van der Waals surface area contributed by atoms with E-state index in [1.165, 1.54) is 0 Å². The van der Waals surface area contributed by atoms with Crippen LogP contribution in [0.15, 0.2) is 18.2 Å². The summed E-state index contributed by atoms with van der Waals surface area (Å²) in [6, 6.07) is 2.84. The van der Waals surface area contributed by atoms with Crippen LogP contribution in [0.3, 0.4) is 0 Å². The SMILES string of the molecule is CC1CNCC(NC(=O)c2cc(F)ccc2F)C1. The van der Waals surface area contributed by atoms with E-state index >= 15 is 0 Å². The summed E-state index contributed by atoms with van der Waals surface area (Å²) in [5.41, 5.74) is -0.242. The maximum Gasteiger partial charge on any atom is 0.254 e. The van der Waals surface area contributed by atoms with E-state index in [0.717, 1.165) is 31.2 Å². The number of amides is 1. The van der Waals surface area contributed by atoms with Crippen LogP contribution in [-0.2, 0) is 0 Å². The van der Waals surface area contributed by atoms with Crippen molar-refractivity contribution in [3.63, 3.8) is 0 Å². The maximum atomic E-state index is 13.4. The quantitative estimate of drug-likeness (QED) is 0.843. The van der Waals surface area contributed by atoms with Gasteiger partial charge in [-0.05, 0) is 37.1 Å². The summed E-state index contributed by atoms with van der Waals surface area (Å²) in [4.78, 5) is 11.8. The number of carbonyl (C=O) groups excluding carboxylic acids is 1. The van der Waals surface area contributed by atoms with Crippen LogP contribution in [0, 0.1) is 17.6 Å². The third-order valence-corrected chi connectivity index (χ3v) is 3.08. The zero-order valence-corrected chi connectivity index (χ0v) is 10.2. The van der Waals surface area contributed by atoms with Crippen LogP contribution in [0.1, 0.15) is 23.7 Å².